The molecule has 0 bridgehead atoms. The van der Waals surface area contributed by atoms with Crippen LogP contribution in [0.5, 0.6) is 0 Å². The fourth-order valence-electron chi connectivity index (χ4n) is 1.98. The van der Waals surface area contributed by atoms with Gasteiger partial charge in [0.25, 0.3) is 0 Å². The van der Waals surface area contributed by atoms with E-state index in [4.69, 9.17) is 5.26 Å². The lowest BCUT2D eigenvalue weighted by molar-refractivity contribution is -0.145. The molecule has 124 valence electrons. The molecule has 0 aromatic heterocycles. The van der Waals surface area contributed by atoms with E-state index in [-0.39, 0.29) is 18.2 Å². The molecule has 0 unspecified atom stereocenters. The van der Waals surface area contributed by atoms with Crippen LogP contribution in [0.15, 0.2) is 0 Å². The van der Waals surface area contributed by atoms with Crippen LogP contribution in [-0.4, -0.2) is 37.0 Å². The van der Waals surface area contributed by atoms with Crippen LogP contribution in [0, 0.1) is 23.2 Å². The van der Waals surface area contributed by atoms with Crippen LogP contribution in [-0.2, 0) is 19.1 Å². The van der Waals surface area contributed by atoms with Crippen molar-refractivity contribution in [1.82, 2.24) is 10.6 Å². The molecule has 2 amide bonds. The molecule has 7 heteroatoms. The zero-order valence-corrected chi connectivity index (χ0v) is 13.8. The summed E-state index contributed by atoms with van der Waals surface area (Å²) in [4.78, 5) is 35.2. The third-order valence-electron chi connectivity index (χ3n) is 3.01. The summed E-state index contributed by atoms with van der Waals surface area (Å²) in [6.45, 7) is 6.84. The summed E-state index contributed by atoms with van der Waals surface area (Å²) in [6.07, 6.45) is 0.608. The highest BCUT2D eigenvalue weighted by molar-refractivity contribution is 5.90. The molecule has 0 aromatic carbocycles. The number of amides is 2. The second-order valence-corrected chi connectivity index (χ2v) is 5.73. The Morgan fingerprint density at radius 1 is 1.09 bits per heavy atom. The van der Waals surface area contributed by atoms with Gasteiger partial charge in [0.2, 0.25) is 11.8 Å². The van der Waals surface area contributed by atoms with Gasteiger partial charge < -0.3 is 15.4 Å². The van der Waals surface area contributed by atoms with Crippen molar-refractivity contribution in [1.29, 1.82) is 5.26 Å². The molecule has 0 rings (SSSR count). The highest BCUT2D eigenvalue weighted by atomic mass is 16.5. The quantitative estimate of drug-likeness (QED) is 0.643. The summed E-state index contributed by atoms with van der Waals surface area (Å²) in [6, 6.07) is 0.385. The van der Waals surface area contributed by atoms with Gasteiger partial charge in [-0.1, -0.05) is 13.8 Å². The Kier molecular flexibility index (Phi) is 8.83. The number of esters is 1. The van der Waals surface area contributed by atoms with Gasteiger partial charge in [-0.3, -0.25) is 9.59 Å². The lowest BCUT2D eigenvalue weighted by atomic mass is 10.0. The first kappa shape index (κ1) is 19.9. The average molecular weight is 311 g/mol. The van der Waals surface area contributed by atoms with E-state index in [2.05, 4.69) is 15.4 Å². The van der Waals surface area contributed by atoms with Gasteiger partial charge in [-0.05, 0) is 25.7 Å². The molecule has 0 radical (unpaired) electrons. The van der Waals surface area contributed by atoms with Crippen LogP contribution < -0.4 is 10.6 Å². The van der Waals surface area contributed by atoms with E-state index in [9.17, 15) is 14.4 Å². The summed E-state index contributed by atoms with van der Waals surface area (Å²) >= 11 is 0. The second kappa shape index (κ2) is 9.77. The Labute approximate surface area is 131 Å². The minimum atomic E-state index is -0.907. The van der Waals surface area contributed by atoms with E-state index in [1.807, 2.05) is 19.9 Å². The molecule has 0 heterocycles. The van der Waals surface area contributed by atoms with Gasteiger partial charge in [-0.15, -0.1) is 0 Å². The maximum atomic E-state index is 12.3. The van der Waals surface area contributed by atoms with Crippen LogP contribution in [0.25, 0.3) is 0 Å². The summed E-state index contributed by atoms with van der Waals surface area (Å²) in [5, 5.41) is 14.0. The number of ether oxygens (including phenoxy) is 1. The maximum absolute atomic E-state index is 12.3. The van der Waals surface area contributed by atoms with Crippen LogP contribution in [0.3, 0.4) is 0 Å². The fourth-order valence-corrected chi connectivity index (χ4v) is 1.98. The number of nitriles is 1. The Morgan fingerprint density at radius 3 is 2.09 bits per heavy atom. The molecule has 0 saturated heterocycles. The third-order valence-corrected chi connectivity index (χ3v) is 3.01. The van der Waals surface area contributed by atoms with E-state index in [0.717, 1.165) is 0 Å². The molecule has 0 aliphatic heterocycles. The number of hydrogen-bond acceptors (Lipinski definition) is 5. The molecule has 0 aliphatic carbocycles. The first-order valence-electron chi connectivity index (χ1n) is 7.26. The van der Waals surface area contributed by atoms with E-state index in [1.165, 1.54) is 14.0 Å². The highest BCUT2D eigenvalue weighted by Gasteiger charge is 2.28. The van der Waals surface area contributed by atoms with Gasteiger partial charge in [0, 0.05) is 12.8 Å². The maximum Gasteiger partial charge on any atom is 0.328 e. The van der Waals surface area contributed by atoms with Crippen LogP contribution in [0.4, 0.5) is 0 Å². The normalized spacial score (nSPS) is 14.4. The molecule has 0 spiro atoms. The minimum absolute atomic E-state index is 0.156. The lowest BCUT2D eigenvalue weighted by Crippen LogP contribution is -2.52. The molecular weight excluding hydrogens is 286 g/mol. The Bertz CT molecular complexity index is 443. The fraction of sp³-hybridized carbons (Fsp3) is 0.733. The monoisotopic (exact) mass is 311 g/mol. The van der Waals surface area contributed by atoms with Crippen molar-refractivity contribution in [2.45, 2.75) is 52.6 Å². The SMILES string of the molecule is COC(=O)[C@@H](C[C@H](C)C#N)NC(=O)[C@H](CC(C)C)NC(C)=O. The predicted molar refractivity (Wildman–Crippen MR) is 80.4 cm³/mol. The number of methoxy groups -OCH3 is 1. The summed E-state index contributed by atoms with van der Waals surface area (Å²) in [5.41, 5.74) is 0. The highest BCUT2D eigenvalue weighted by Crippen LogP contribution is 2.09. The molecule has 3 atom stereocenters. The number of carbonyl (C=O) groups excluding carboxylic acids is 3. The van der Waals surface area contributed by atoms with E-state index in [0.29, 0.717) is 6.42 Å². The predicted octanol–water partition coefficient (Wildman–Crippen LogP) is 0.745. The molecule has 2 N–H and O–H groups in total. The molecule has 0 aromatic rings. The van der Waals surface area contributed by atoms with Gasteiger partial charge in [-0.2, -0.15) is 5.26 Å². The van der Waals surface area contributed by atoms with Crippen LogP contribution in [0.1, 0.15) is 40.5 Å². The summed E-state index contributed by atoms with van der Waals surface area (Å²) in [5.74, 6) is -1.60. The van der Waals surface area contributed by atoms with E-state index >= 15 is 0 Å². The van der Waals surface area contributed by atoms with Crippen molar-refractivity contribution in [3.05, 3.63) is 0 Å². The van der Waals surface area contributed by atoms with Gasteiger partial charge in [0.15, 0.2) is 0 Å². The Morgan fingerprint density at radius 2 is 1.68 bits per heavy atom. The molecule has 0 fully saturated rings. The van der Waals surface area contributed by atoms with Gasteiger partial charge >= 0.3 is 5.97 Å². The minimum Gasteiger partial charge on any atom is -0.467 e. The van der Waals surface area contributed by atoms with E-state index < -0.39 is 29.9 Å². The van der Waals surface area contributed by atoms with Crippen LogP contribution in [0.2, 0.25) is 0 Å². The number of rotatable bonds is 8. The second-order valence-electron chi connectivity index (χ2n) is 5.73. The van der Waals surface area contributed by atoms with Crippen LogP contribution >= 0.6 is 0 Å². The third kappa shape index (κ3) is 7.62. The number of nitrogens with zero attached hydrogens (tertiary/aromatic N) is 1. The molecule has 7 nitrogen and oxygen atoms in total. The van der Waals surface area contributed by atoms with Crippen molar-refractivity contribution in [2.75, 3.05) is 7.11 Å². The number of carbonyl (C=O) groups is 3. The van der Waals surface area contributed by atoms with Crippen molar-refractivity contribution >= 4 is 17.8 Å². The smallest absolute Gasteiger partial charge is 0.328 e. The standard InChI is InChI=1S/C15H25N3O4/c1-9(2)6-12(17-11(4)19)14(20)18-13(15(21)22-5)7-10(3)8-16/h9-10,12-13H,6-7H2,1-5H3,(H,17,19)(H,18,20)/t10-,12-,13+/m0/s1. The van der Waals surface area contributed by atoms with Crippen molar-refractivity contribution < 1.29 is 19.1 Å². The van der Waals surface area contributed by atoms with Gasteiger partial charge in [0.1, 0.15) is 12.1 Å². The van der Waals surface area contributed by atoms with Gasteiger partial charge in [-0.25, -0.2) is 4.79 Å². The van der Waals surface area contributed by atoms with E-state index in [1.54, 1.807) is 6.92 Å². The lowest BCUT2D eigenvalue weighted by Gasteiger charge is -2.23. The first-order valence-corrected chi connectivity index (χ1v) is 7.26. The molecule has 0 saturated carbocycles. The summed E-state index contributed by atoms with van der Waals surface area (Å²) < 4.78 is 4.65. The summed E-state index contributed by atoms with van der Waals surface area (Å²) in [7, 11) is 1.22. The number of nitrogens with one attached hydrogen (secondary N) is 2. The molecule has 0 aliphatic rings. The first-order chi connectivity index (χ1) is 10.2. The molecular formula is C15H25N3O4. The zero-order valence-electron chi connectivity index (χ0n) is 13.8. The Balaban J connectivity index is 4.97. The topological polar surface area (TPSA) is 108 Å². The number of hydrogen-bond donors (Lipinski definition) is 2. The zero-order chi connectivity index (χ0) is 17.3. The van der Waals surface area contributed by atoms with Crippen molar-refractivity contribution in [3.63, 3.8) is 0 Å². The van der Waals surface area contributed by atoms with Crippen molar-refractivity contribution in [3.8, 4) is 6.07 Å². The average Bonchev–Trinajstić information content (AvgIpc) is 2.43. The largest absolute Gasteiger partial charge is 0.467 e. The molecule has 22 heavy (non-hydrogen) atoms. The van der Waals surface area contributed by atoms with Gasteiger partial charge in [0.05, 0.1) is 13.2 Å². The Hall–Kier alpha value is -2.10. The van der Waals surface area contributed by atoms with Crippen molar-refractivity contribution in [2.24, 2.45) is 11.8 Å².